The monoisotopic (exact) mass is 457 g/mol. The SMILES string of the molecule is CSCC[C@@](NC(=O)OCc1ccccc1)(C(=O)O)[C@@H](C)OCOCC[Si](C)(C)C. The van der Waals surface area contributed by atoms with Crippen LogP contribution in [-0.2, 0) is 25.6 Å². The number of alkyl carbamates (subject to hydrolysis) is 1. The van der Waals surface area contributed by atoms with Gasteiger partial charge >= 0.3 is 12.1 Å². The maximum absolute atomic E-state index is 12.4. The fourth-order valence-electron chi connectivity index (χ4n) is 2.64. The van der Waals surface area contributed by atoms with E-state index < -0.39 is 31.8 Å². The third kappa shape index (κ3) is 9.50. The number of carbonyl (C=O) groups is 2. The van der Waals surface area contributed by atoms with E-state index in [1.165, 1.54) is 11.8 Å². The van der Waals surface area contributed by atoms with Gasteiger partial charge in [0.1, 0.15) is 13.4 Å². The number of rotatable bonds is 14. The van der Waals surface area contributed by atoms with Crippen LogP contribution in [0.2, 0.25) is 25.7 Å². The predicted octanol–water partition coefficient (Wildman–Crippen LogP) is 4.21. The summed E-state index contributed by atoms with van der Waals surface area (Å²) in [5.74, 6) is -0.627. The lowest BCUT2D eigenvalue weighted by molar-refractivity contribution is -0.159. The molecule has 0 saturated heterocycles. The van der Waals surface area contributed by atoms with Crippen molar-refractivity contribution in [2.24, 2.45) is 0 Å². The first-order chi connectivity index (χ1) is 14.1. The van der Waals surface area contributed by atoms with Crippen molar-refractivity contribution in [1.29, 1.82) is 0 Å². The summed E-state index contributed by atoms with van der Waals surface area (Å²) >= 11 is 1.50. The van der Waals surface area contributed by atoms with Crippen molar-refractivity contribution in [2.75, 3.05) is 25.4 Å². The van der Waals surface area contributed by atoms with Crippen LogP contribution in [0.4, 0.5) is 4.79 Å². The molecule has 0 radical (unpaired) electrons. The first-order valence-electron chi connectivity index (χ1n) is 10.0. The molecule has 0 aliphatic heterocycles. The molecule has 1 rings (SSSR count). The fraction of sp³-hybridized carbons (Fsp3) is 0.619. The maximum atomic E-state index is 12.4. The van der Waals surface area contributed by atoms with Crippen molar-refractivity contribution in [1.82, 2.24) is 5.32 Å². The van der Waals surface area contributed by atoms with E-state index in [0.29, 0.717) is 12.4 Å². The first-order valence-corrected chi connectivity index (χ1v) is 15.1. The number of carbonyl (C=O) groups excluding carboxylic acids is 1. The largest absolute Gasteiger partial charge is 0.479 e. The van der Waals surface area contributed by atoms with Gasteiger partial charge in [0.25, 0.3) is 0 Å². The summed E-state index contributed by atoms with van der Waals surface area (Å²) in [5, 5.41) is 12.5. The van der Waals surface area contributed by atoms with Gasteiger partial charge in [0, 0.05) is 14.7 Å². The number of nitrogens with one attached hydrogen (secondary N) is 1. The lowest BCUT2D eigenvalue weighted by atomic mass is 9.90. The highest BCUT2D eigenvalue weighted by molar-refractivity contribution is 7.98. The molecule has 0 aliphatic carbocycles. The van der Waals surface area contributed by atoms with Crippen LogP contribution in [0.1, 0.15) is 18.9 Å². The highest BCUT2D eigenvalue weighted by atomic mass is 32.2. The van der Waals surface area contributed by atoms with Crippen LogP contribution >= 0.6 is 11.8 Å². The summed E-state index contributed by atoms with van der Waals surface area (Å²) in [6.45, 7) is 8.99. The van der Waals surface area contributed by atoms with Gasteiger partial charge in [0.05, 0.1) is 6.10 Å². The zero-order valence-electron chi connectivity index (χ0n) is 18.6. The van der Waals surface area contributed by atoms with E-state index in [0.717, 1.165) is 11.6 Å². The van der Waals surface area contributed by atoms with E-state index in [1.54, 1.807) is 6.92 Å². The minimum atomic E-state index is -1.61. The first kappa shape index (κ1) is 26.5. The predicted molar refractivity (Wildman–Crippen MR) is 123 cm³/mol. The van der Waals surface area contributed by atoms with Crippen molar-refractivity contribution in [2.45, 2.75) is 57.3 Å². The van der Waals surface area contributed by atoms with E-state index in [2.05, 4.69) is 25.0 Å². The Labute approximate surface area is 184 Å². The van der Waals surface area contributed by atoms with Gasteiger partial charge in [-0.1, -0.05) is 50.0 Å². The van der Waals surface area contributed by atoms with Crippen LogP contribution in [0.15, 0.2) is 30.3 Å². The summed E-state index contributed by atoms with van der Waals surface area (Å²) < 4.78 is 16.5. The Balaban J connectivity index is 2.73. The number of carboxylic acid groups (broad SMARTS) is 1. The third-order valence-electron chi connectivity index (χ3n) is 4.71. The van der Waals surface area contributed by atoms with Crippen molar-refractivity contribution < 1.29 is 28.9 Å². The van der Waals surface area contributed by atoms with Crippen LogP contribution < -0.4 is 5.32 Å². The molecule has 2 atom stereocenters. The molecule has 0 aliphatic rings. The number of thioether (sulfide) groups is 1. The Hall–Kier alpha value is -1.55. The number of aliphatic carboxylic acids is 1. The Morgan fingerprint density at radius 2 is 1.90 bits per heavy atom. The molecule has 7 nitrogen and oxygen atoms in total. The van der Waals surface area contributed by atoms with E-state index in [9.17, 15) is 14.7 Å². The van der Waals surface area contributed by atoms with E-state index in [4.69, 9.17) is 14.2 Å². The van der Waals surface area contributed by atoms with E-state index >= 15 is 0 Å². The molecule has 0 spiro atoms. The normalized spacial score (nSPS) is 14.6. The average Bonchev–Trinajstić information content (AvgIpc) is 2.68. The van der Waals surface area contributed by atoms with Gasteiger partial charge in [-0.25, -0.2) is 9.59 Å². The van der Waals surface area contributed by atoms with Crippen molar-refractivity contribution in [3.63, 3.8) is 0 Å². The van der Waals surface area contributed by atoms with Gasteiger partial charge < -0.3 is 24.6 Å². The maximum Gasteiger partial charge on any atom is 0.408 e. The second kappa shape index (κ2) is 13.0. The molecule has 0 heterocycles. The quantitative estimate of drug-likeness (QED) is 0.245. The summed E-state index contributed by atoms with van der Waals surface area (Å²) in [7, 11) is -1.22. The van der Waals surface area contributed by atoms with Gasteiger partial charge in [0.2, 0.25) is 0 Å². The van der Waals surface area contributed by atoms with E-state index in [1.807, 2.05) is 36.6 Å². The van der Waals surface area contributed by atoms with Crippen molar-refractivity contribution in [3.8, 4) is 0 Å². The molecule has 30 heavy (non-hydrogen) atoms. The second-order valence-electron chi connectivity index (χ2n) is 8.35. The molecule has 0 aromatic heterocycles. The number of amides is 1. The summed E-state index contributed by atoms with van der Waals surface area (Å²) in [4.78, 5) is 24.6. The molecular formula is C21H35NO6SSi. The zero-order chi connectivity index (χ0) is 22.6. The van der Waals surface area contributed by atoms with Crippen molar-refractivity contribution >= 4 is 31.9 Å². The summed E-state index contributed by atoms with van der Waals surface area (Å²) in [6.07, 6.45) is 0.474. The Kier molecular flexibility index (Phi) is 11.5. The molecule has 0 unspecified atom stereocenters. The number of hydrogen-bond acceptors (Lipinski definition) is 6. The molecule has 1 aromatic rings. The molecule has 170 valence electrons. The molecule has 1 amide bonds. The van der Waals surface area contributed by atoms with Gasteiger partial charge in [-0.3, -0.25) is 0 Å². The molecule has 0 fully saturated rings. The van der Waals surface area contributed by atoms with Gasteiger partial charge in [-0.2, -0.15) is 11.8 Å². The topological polar surface area (TPSA) is 94.1 Å². The smallest absolute Gasteiger partial charge is 0.408 e. The van der Waals surface area contributed by atoms with Crippen LogP contribution in [-0.4, -0.2) is 62.3 Å². The third-order valence-corrected chi connectivity index (χ3v) is 7.03. The lowest BCUT2D eigenvalue weighted by Gasteiger charge is -2.35. The molecule has 2 N–H and O–H groups in total. The highest BCUT2D eigenvalue weighted by Crippen LogP contribution is 2.22. The van der Waals surface area contributed by atoms with Gasteiger partial charge in [0.15, 0.2) is 5.54 Å². The van der Waals surface area contributed by atoms with Crippen LogP contribution in [0.25, 0.3) is 0 Å². The summed E-state index contributed by atoms with van der Waals surface area (Å²) in [6, 6.07) is 10.2. The van der Waals surface area contributed by atoms with Crippen molar-refractivity contribution in [3.05, 3.63) is 35.9 Å². The molecule has 0 saturated carbocycles. The van der Waals surface area contributed by atoms with Gasteiger partial charge in [-0.15, -0.1) is 0 Å². The zero-order valence-corrected chi connectivity index (χ0v) is 20.4. The van der Waals surface area contributed by atoms with Gasteiger partial charge in [-0.05, 0) is 37.0 Å². The minimum Gasteiger partial charge on any atom is -0.479 e. The standard InChI is InChI=1S/C21H35NO6SSi/c1-17(28-16-26-12-14-30(3,4)5)21(19(23)24,11-13-29-2)22-20(25)27-15-18-9-7-6-8-10-18/h6-10,17H,11-16H2,1-5H3,(H,22,25)(H,23,24)/t17-,21+/m1/s1. The second-order valence-corrected chi connectivity index (χ2v) is 15.0. The van der Waals surface area contributed by atoms with E-state index in [-0.39, 0.29) is 19.8 Å². The van der Waals surface area contributed by atoms with Crippen LogP contribution in [0, 0.1) is 0 Å². The highest BCUT2D eigenvalue weighted by Gasteiger charge is 2.46. The Morgan fingerprint density at radius 1 is 1.23 bits per heavy atom. The summed E-state index contributed by atoms with van der Waals surface area (Å²) in [5.41, 5.74) is -0.795. The number of benzene rings is 1. The molecule has 0 bridgehead atoms. The molecular weight excluding hydrogens is 422 g/mol. The molecule has 1 aromatic carbocycles. The van der Waals surface area contributed by atoms with Crippen LogP contribution in [0.3, 0.4) is 0 Å². The Bertz CT molecular complexity index is 655. The number of ether oxygens (including phenoxy) is 3. The Morgan fingerprint density at radius 3 is 2.47 bits per heavy atom. The fourth-order valence-corrected chi connectivity index (χ4v) is 3.92. The molecule has 9 heteroatoms. The lowest BCUT2D eigenvalue weighted by Crippen LogP contribution is -2.62. The minimum absolute atomic E-state index is 0.0271. The number of carboxylic acids is 1. The average molecular weight is 458 g/mol. The number of hydrogen-bond donors (Lipinski definition) is 2. The van der Waals surface area contributed by atoms with Crippen LogP contribution in [0.5, 0.6) is 0 Å².